The first kappa shape index (κ1) is 6.41. The molecule has 5 heteroatoms. The molecule has 0 amide bonds. The van der Waals surface area contributed by atoms with Crippen LogP contribution in [0.15, 0.2) is 0 Å². The Morgan fingerprint density at radius 1 is 1.62 bits per heavy atom. The van der Waals surface area contributed by atoms with E-state index in [1.54, 1.807) is 0 Å². The predicted molar refractivity (Wildman–Crippen MR) is 43.7 cm³/mol. The quantitative estimate of drug-likeness (QED) is 0.416. The van der Waals surface area contributed by atoms with Gasteiger partial charge in [0.05, 0.1) is 5.75 Å². The van der Waals surface area contributed by atoms with Crippen molar-refractivity contribution in [3.05, 3.63) is 0 Å². The molecule has 0 atom stereocenters. The number of thioether (sulfide) groups is 1. The molecule has 0 aromatic carbocycles. The maximum Gasteiger partial charge on any atom is 0.156 e. The van der Waals surface area contributed by atoms with Crippen molar-refractivity contribution in [1.82, 2.24) is 5.01 Å². The molecule has 1 rings (SSSR count). The lowest BCUT2D eigenvalue weighted by Crippen LogP contribution is -2.33. The summed E-state index contributed by atoms with van der Waals surface area (Å²) in [5, 5.41) is 1.37. The van der Waals surface area contributed by atoms with E-state index in [1.807, 2.05) is 0 Å². The number of rotatable bonds is 0. The van der Waals surface area contributed by atoms with Gasteiger partial charge in [-0.1, -0.05) is 36.2 Å². The smallest absolute Gasteiger partial charge is 0.156 e. The third kappa shape index (κ3) is 0.997. The lowest BCUT2D eigenvalue weighted by Gasteiger charge is -2.05. The van der Waals surface area contributed by atoms with Gasteiger partial charge in [-0.2, -0.15) is 0 Å². The minimum absolute atomic E-state index is 0.676. The molecule has 1 heterocycles. The number of hydrogen-bond acceptors (Lipinski definition) is 4. The number of nitrogens with zero attached hydrogens (tertiary/aromatic N) is 1. The first-order chi connectivity index (χ1) is 3.72. The minimum atomic E-state index is 0.676. The zero-order chi connectivity index (χ0) is 6.15. The molecule has 1 aliphatic heterocycles. The molecule has 0 aliphatic carbocycles. The predicted octanol–water partition coefficient (Wildman–Crippen LogP) is 0.521. The second kappa shape index (κ2) is 2.26. The van der Waals surface area contributed by atoms with Crippen LogP contribution in [0, 0.1) is 0 Å². The Morgan fingerprint density at radius 3 is 2.38 bits per heavy atom. The van der Waals surface area contributed by atoms with E-state index in [4.69, 9.17) is 30.3 Å². The SMILES string of the molecule is NN1C(=S)CSC1=S. The number of thiocarbonyl (C=S) groups is 2. The molecular weight excluding hydrogens is 160 g/mol. The van der Waals surface area contributed by atoms with Crippen LogP contribution >= 0.6 is 36.2 Å². The lowest BCUT2D eigenvalue weighted by atomic mass is 10.7. The molecular formula is C3H4N2S3. The average Bonchev–Trinajstić information content (AvgIpc) is 1.98. The maximum absolute atomic E-state index is 5.35. The van der Waals surface area contributed by atoms with Crippen LogP contribution in [-0.2, 0) is 0 Å². The van der Waals surface area contributed by atoms with Crippen molar-refractivity contribution in [2.75, 3.05) is 5.75 Å². The molecule has 0 spiro atoms. The third-order valence-electron chi connectivity index (χ3n) is 0.785. The van der Waals surface area contributed by atoms with Crippen molar-refractivity contribution in [3.8, 4) is 0 Å². The van der Waals surface area contributed by atoms with Crippen LogP contribution in [0.4, 0.5) is 0 Å². The Balaban J connectivity index is 2.70. The molecule has 0 unspecified atom stereocenters. The largest absolute Gasteiger partial charge is 0.256 e. The molecule has 0 bridgehead atoms. The number of hydrazine groups is 1. The second-order valence-corrected chi connectivity index (χ2v) is 3.40. The van der Waals surface area contributed by atoms with Crippen LogP contribution in [0.25, 0.3) is 0 Å². The summed E-state index contributed by atoms with van der Waals surface area (Å²) in [4.78, 5) is 0.722. The van der Waals surface area contributed by atoms with Gasteiger partial charge in [-0.25, -0.2) is 5.84 Å². The maximum atomic E-state index is 5.35. The van der Waals surface area contributed by atoms with E-state index in [1.165, 1.54) is 16.8 Å². The fourth-order valence-corrected chi connectivity index (χ4v) is 1.67. The summed E-state index contributed by atoms with van der Waals surface area (Å²) in [6.07, 6.45) is 0. The molecule has 0 radical (unpaired) electrons. The summed E-state index contributed by atoms with van der Waals surface area (Å²) in [6, 6.07) is 0. The van der Waals surface area contributed by atoms with Gasteiger partial charge in [0.25, 0.3) is 0 Å². The fraction of sp³-hybridized carbons (Fsp3) is 0.333. The first-order valence-corrected chi connectivity index (χ1v) is 3.76. The molecule has 1 aliphatic rings. The summed E-state index contributed by atoms with van der Waals surface area (Å²) in [5.74, 6) is 6.12. The summed E-state index contributed by atoms with van der Waals surface area (Å²) in [5.41, 5.74) is 0. The average molecular weight is 164 g/mol. The highest BCUT2D eigenvalue weighted by Gasteiger charge is 2.18. The van der Waals surface area contributed by atoms with E-state index in [0.717, 1.165) is 10.7 Å². The van der Waals surface area contributed by atoms with Crippen LogP contribution < -0.4 is 5.84 Å². The van der Waals surface area contributed by atoms with Crippen LogP contribution in [0.1, 0.15) is 0 Å². The molecule has 44 valence electrons. The molecule has 1 fully saturated rings. The molecule has 8 heavy (non-hydrogen) atoms. The molecule has 0 aromatic heterocycles. The number of hydrogen-bond donors (Lipinski definition) is 1. The van der Waals surface area contributed by atoms with E-state index in [-0.39, 0.29) is 0 Å². The van der Waals surface area contributed by atoms with Crippen molar-refractivity contribution < 1.29 is 0 Å². The van der Waals surface area contributed by atoms with E-state index in [2.05, 4.69) is 0 Å². The topological polar surface area (TPSA) is 29.3 Å². The third-order valence-corrected chi connectivity index (χ3v) is 2.72. The van der Waals surface area contributed by atoms with Gasteiger partial charge in [-0.05, 0) is 0 Å². The Hall–Kier alpha value is 0.290. The van der Waals surface area contributed by atoms with Crippen LogP contribution in [0.3, 0.4) is 0 Å². The van der Waals surface area contributed by atoms with Gasteiger partial charge in [0, 0.05) is 0 Å². The highest BCUT2D eigenvalue weighted by Crippen LogP contribution is 2.16. The monoisotopic (exact) mass is 164 g/mol. The van der Waals surface area contributed by atoms with Gasteiger partial charge in [0.1, 0.15) is 4.99 Å². The lowest BCUT2D eigenvalue weighted by molar-refractivity contribution is 0.697. The first-order valence-electron chi connectivity index (χ1n) is 1.96. The van der Waals surface area contributed by atoms with Crippen LogP contribution in [0.2, 0.25) is 0 Å². The molecule has 2 N–H and O–H groups in total. The highest BCUT2D eigenvalue weighted by molar-refractivity contribution is 8.24. The van der Waals surface area contributed by atoms with Gasteiger partial charge in [-0.3, -0.25) is 5.01 Å². The number of nitrogens with two attached hydrogens (primary N) is 1. The van der Waals surface area contributed by atoms with E-state index < -0.39 is 0 Å². The normalized spacial score (nSPS) is 20.4. The highest BCUT2D eigenvalue weighted by atomic mass is 32.2. The molecule has 1 saturated heterocycles. The Kier molecular flexibility index (Phi) is 1.81. The van der Waals surface area contributed by atoms with E-state index in [9.17, 15) is 0 Å². The molecule has 2 nitrogen and oxygen atoms in total. The van der Waals surface area contributed by atoms with Crippen molar-refractivity contribution in [3.63, 3.8) is 0 Å². The van der Waals surface area contributed by atoms with Crippen LogP contribution in [-0.4, -0.2) is 20.1 Å². The standard InChI is InChI=1S/C3H4N2S3/c4-5-2(6)1-8-3(5)7/h1,4H2. The zero-order valence-electron chi connectivity index (χ0n) is 3.96. The van der Waals surface area contributed by atoms with Crippen molar-refractivity contribution in [1.29, 1.82) is 0 Å². The van der Waals surface area contributed by atoms with Gasteiger partial charge in [-0.15, -0.1) is 0 Å². The second-order valence-electron chi connectivity index (χ2n) is 1.32. The summed E-state index contributed by atoms with van der Waals surface area (Å²) < 4.78 is 0.676. The van der Waals surface area contributed by atoms with Gasteiger partial charge >= 0.3 is 0 Å². The van der Waals surface area contributed by atoms with Crippen LogP contribution in [0.5, 0.6) is 0 Å². The summed E-state index contributed by atoms with van der Waals surface area (Å²) >= 11 is 11.1. The molecule has 0 aromatic rings. The summed E-state index contributed by atoms with van der Waals surface area (Å²) in [7, 11) is 0. The Bertz CT molecular complexity index is 127. The fourth-order valence-electron chi connectivity index (χ4n) is 0.364. The zero-order valence-corrected chi connectivity index (χ0v) is 6.41. The Morgan fingerprint density at radius 2 is 2.25 bits per heavy atom. The van der Waals surface area contributed by atoms with Crippen molar-refractivity contribution in [2.45, 2.75) is 0 Å². The van der Waals surface area contributed by atoms with E-state index >= 15 is 0 Å². The van der Waals surface area contributed by atoms with Crippen molar-refractivity contribution >= 4 is 45.5 Å². The summed E-state index contributed by atoms with van der Waals surface area (Å²) in [6.45, 7) is 0. The van der Waals surface area contributed by atoms with Gasteiger partial charge in [0.15, 0.2) is 4.32 Å². The van der Waals surface area contributed by atoms with E-state index in [0.29, 0.717) is 4.32 Å². The Labute approximate surface area is 62.4 Å². The van der Waals surface area contributed by atoms with Gasteiger partial charge < -0.3 is 0 Å². The minimum Gasteiger partial charge on any atom is -0.256 e. The van der Waals surface area contributed by atoms with Crippen molar-refractivity contribution in [2.24, 2.45) is 5.84 Å². The van der Waals surface area contributed by atoms with Gasteiger partial charge in [0.2, 0.25) is 0 Å². The molecule has 0 saturated carbocycles.